The van der Waals surface area contributed by atoms with E-state index in [0.717, 1.165) is 5.39 Å². The average Bonchev–Trinajstić information content (AvgIpc) is 2.61. The Morgan fingerprint density at radius 3 is 2.68 bits per heavy atom. The molecular formula is C18H20FN3O3. The Morgan fingerprint density at radius 1 is 1.28 bits per heavy atom. The average molecular weight is 345 g/mol. The largest absolute Gasteiger partial charge is 0.453 e. The maximum absolute atomic E-state index is 13.3. The van der Waals surface area contributed by atoms with Crippen molar-refractivity contribution in [1.29, 1.82) is 0 Å². The summed E-state index contributed by atoms with van der Waals surface area (Å²) in [5.74, 6) is -0.554. The van der Waals surface area contributed by atoms with Crippen molar-refractivity contribution in [3.63, 3.8) is 0 Å². The number of aryl methyl sites for hydroxylation is 1. The molecular weight excluding hydrogens is 325 g/mol. The molecule has 1 N–H and O–H groups in total. The second-order valence-electron chi connectivity index (χ2n) is 6.16. The first-order valence-electron chi connectivity index (χ1n) is 8.18. The maximum Gasteiger partial charge on any atom is 0.409 e. The first-order chi connectivity index (χ1) is 12.0. The number of ether oxygens (including phenoxy) is 1. The van der Waals surface area contributed by atoms with Crippen LogP contribution in [0.4, 0.5) is 9.18 Å². The summed E-state index contributed by atoms with van der Waals surface area (Å²) in [5.41, 5.74) is 1.57. The number of halogens is 1. The van der Waals surface area contributed by atoms with Crippen LogP contribution in [0.3, 0.4) is 0 Å². The summed E-state index contributed by atoms with van der Waals surface area (Å²) in [6.07, 6.45) is 1.00. The van der Waals surface area contributed by atoms with Gasteiger partial charge in [0.1, 0.15) is 5.82 Å². The van der Waals surface area contributed by atoms with Crippen molar-refractivity contribution < 1.29 is 18.7 Å². The number of pyridine rings is 1. The lowest BCUT2D eigenvalue weighted by Gasteiger charge is -2.31. The number of benzene rings is 1. The third kappa shape index (κ3) is 3.70. The summed E-state index contributed by atoms with van der Waals surface area (Å²) in [6, 6.07) is 6.05. The number of hydrogen-bond donors (Lipinski definition) is 1. The van der Waals surface area contributed by atoms with Gasteiger partial charge in [0.25, 0.3) is 5.91 Å². The zero-order chi connectivity index (χ0) is 18.0. The second-order valence-corrected chi connectivity index (χ2v) is 6.16. The molecule has 132 valence electrons. The molecule has 0 radical (unpaired) electrons. The number of rotatable bonds is 2. The van der Waals surface area contributed by atoms with Gasteiger partial charge in [-0.05, 0) is 38.0 Å². The van der Waals surface area contributed by atoms with E-state index in [0.29, 0.717) is 42.7 Å². The highest BCUT2D eigenvalue weighted by atomic mass is 19.1. The lowest BCUT2D eigenvalue weighted by Crippen LogP contribution is -2.46. The van der Waals surface area contributed by atoms with Crippen molar-refractivity contribution in [3.8, 4) is 0 Å². The second kappa shape index (κ2) is 7.04. The molecule has 0 bridgehead atoms. The zero-order valence-electron chi connectivity index (χ0n) is 14.2. The highest BCUT2D eigenvalue weighted by Gasteiger charge is 2.25. The summed E-state index contributed by atoms with van der Waals surface area (Å²) in [6.45, 7) is 2.83. The highest BCUT2D eigenvalue weighted by Crippen LogP contribution is 2.19. The van der Waals surface area contributed by atoms with Crippen molar-refractivity contribution in [2.24, 2.45) is 0 Å². The van der Waals surface area contributed by atoms with E-state index in [1.165, 1.54) is 19.2 Å². The monoisotopic (exact) mass is 345 g/mol. The molecule has 1 aliphatic heterocycles. The Labute approximate surface area is 145 Å². The van der Waals surface area contributed by atoms with Crippen molar-refractivity contribution in [2.45, 2.75) is 25.8 Å². The number of nitrogens with one attached hydrogen (secondary N) is 1. The minimum absolute atomic E-state index is 0.00304. The summed E-state index contributed by atoms with van der Waals surface area (Å²) < 4.78 is 18.0. The first-order valence-corrected chi connectivity index (χ1v) is 8.18. The van der Waals surface area contributed by atoms with Gasteiger partial charge in [0.15, 0.2) is 0 Å². The Hall–Kier alpha value is -2.70. The SMILES string of the molecule is COC(=O)N1CCC(NC(=O)c2cc3ccc(F)cc3nc2C)CC1. The maximum atomic E-state index is 13.3. The molecule has 1 aliphatic rings. The Kier molecular flexibility index (Phi) is 4.83. The van der Waals surface area contributed by atoms with Gasteiger partial charge in [0, 0.05) is 30.6 Å². The summed E-state index contributed by atoms with van der Waals surface area (Å²) in [7, 11) is 1.36. The Balaban J connectivity index is 1.70. The Morgan fingerprint density at radius 2 is 2.00 bits per heavy atom. The molecule has 3 rings (SSSR count). The molecule has 7 heteroatoms. The summed E-state index contributed by atoms with van der Waals surface area (Å²) in [5, 5.41) is 3.72. The van der Waals surface area contributed by atoms with E-state index in [-0.39, 0.29) is 23.9 Å². The molecule has 1 fully saturated rings. The number of piperidine rings is 1. The molecule has 2 amide bonds. The number of aromatic nitrogens is 1. The third-order valence-electron chi connectivity index (χ3n) is 4.48. The fraction of sp³-hybridized carbons (Fsp3) is 0.389. The van der Waals surface area contributed by atoms with Crippen LogP contribution in [0.15, 0.2) is 24.3 Å². The molecule has 0 unspecified atom stereocenters. The van der Waals surface area contributed by atoms with E-state index in [1.807, 2.05) is 0 Å². The molecule has 1 aromatic heterocycles. The predicted molar refractivity (Wildman–Crippen MR) is 90.9 cm³/mol. The van der Waals surface area contributed by atoms with Gasteiger partial charge in [-0.1, -0.05) is 0 Å². The predicted octanol–water partition coefficient (Wildman–Crippen LogP) is 2.64. The van der Waals surface area contributed by atoms with E-state index in [4.69, 9.17) is 4.74 Å². The quantitative estimate of drug-likeness (QED) is 0.908. The van der Waals surface area contributed by atoms with Crippen molar-refractivity contribution in [1.82, 2.24) is 15.2 Å². The van der Waals surface area contributed by atoms with Crippen molar-refractivity contribution in [2.75, 3.05) is 20.2 Å². The molecule has 2 aromatic rings. The van der Waals surface area contributed by atoms with Gasteiger partial charge >= 0.3 is 6.09 Å². The van der Waals surface area contributed by atoms with E-state index < -0.39 is 0 Å². The van der Waals surface area contributed by atoms with Gasteiger partial charge in [-0.2, -0.15) is 0 Å². The van der Waals surface area contributed by atoms with Crippen LogP contribution in [0.5, 0.6) is 0 Å². The van der Waals surface area contributed by atoms with E-state index in [2.05, 4.69) is 10.3 Å². The van der Waals surface area contributed by atoms with Crippen LogP contribution in [0.25, 0.3) is 10.9 Å². The van der Waals surface area contributed by atoms with Gasteiger partial charge in [-0.25, -0.2) is 9.18 Å². The standard InChI is InChI=1S/C18H20FN3O3/c1-11-15(9-12-3-4-13(19)10-16(12)20-11)17(23)21-14-5-7-22(8-6-14)18(24)25-2/h3-4,9-10,14H,5-8H2,1-2H3,(H,21,23). The van der Waals surface area contributed by atoms with Crippen LogP contribution < -0.4 is 5.32 Å². The molecule has 0 aliphatic carbocycles. The molecule has 25 heavy (non-hydrogen) atoms. The lowest BCUT2D eigenvalue weighted by atomic mass is 10.0. The van der Waals surface area contributed by atoms with Gasteiger partial charge < -0.3 is 15.0 Å². The Bertz CT molecular complexity index is 817. The number of methoxy groups -OCH3 is 1. The fourth-order valence-electron chi connectivity index (χ4n) is 3.07. The number of carbonyl (C=O) groups is 2. The van der Waals surface area contributed by atoms with Crippen LogP contribution in [0.1, 0.15) is 28.9 Å². The first kappa shape index (κ1) is 17.1. The highest BCUT2D eigenvalue weighted by molar-refractivity contribution is 5.98. The number of fused-ring (bicyclic) bond motifs is 1. The van der Waals surface area contributed by atoms with Crippen LogP contribution in [-0.2, 0) is 4.74 Å². The lowest BCUT2D eigenvalue weighted by molar-refractivity contribution is 0.0891. The van der Waals surface area contributed by atoms with E-state index in [1.54, 1.807) is 24.0 Å². The van der Waals surface area contributed by atoms with Crippen LogP contribution in [0.2, 0.25) is 0 Å². The molecule has 0 spiro atoms. The van der Waals surface area contributed by atoms with Crippen LogP contribution >= 0.6 is 0 Å². The number of nitrogens with zero attached hydrogens (tertiary/aromatic N) is 2. The zero-order valence-corrected chi connectivity index (χ0v) is 14.2. The molecule has 0 atom stereocenters. The van der Waals surface area contributed by atoms with Crippen molar-refractivity contribution in [3.05, 3.63) is 41.3 Å². The van der Waals surface area contributed by atoms with Gasteiger partial charge in [-0.15, -0.1) is 0 Å². The molecule has 2 heterocycles. The fourth-order valence-corrected chi connectivity index (χ4v) is 3.07. The van der Waals surface area contributed by atoms with E-state index >= 15 is 0 Å². The molecule has 0 saturated carbocycles. The molecule has 6 nitrogen and oxygen atoms in total. The number of likely N-dealkylation sites (tertiary alicyclic amines) is 1. The van der Waals surface area contributed by atoms with Crippen LogP contribution in [0, 0.1) is 12.7 Å². The summed E-state index contributed by atoms with van der Waals surface area (Å²) >= 11 is 0. The van der Waals surface area contributed by atoms with Gasteiger partial charge in [-0.3, -0.25) is 9.78 Å². The number of hydrogen-bond acceptors (Lipinski definition) is 4. The topological polar surface area (TPSA) is 71.5 Å². The molecule has 1 aromatic carbocycles. The minimum atomic E-state index is -0.353. The minimum Gasteiger partial charge on any atom is -0.453 e. The van der Waals surface area contributed by atoms with Gasteiger partial charge in [0.2, 0.25) is 0 Å². The van der Waals surface area contributed by atoms with Crippen LogP contribution in [-0.4, -0.2) is 48.1 Å². The smallest absolute Gasteiger partial charge is 0.409 e. The summed E-state index contributed by atoms with van der Waals surface area (Å²) in [4.78, 5) is 30.0. The normalized spacial score (nSPS) is 15.2. The third-order valence-corrected chi connectivity index (χ3v) is 4.48. The van der Waals surface area contributed by atoms with Crippen molar-refractivity contribution >= 4 is 22.9 Å². The molecule has 1 saturated heterocycles. The van der Waals surface area contributed by atoms with Gasteiger partial charge in [0.05, 0.1) is 23.9 Å². The number of carbonyl (C=O) groups excluding carboxylic acids is 2. The van der Waals surface area contributed by atoms with E-state index in [9.17, 15) is 14.0 Å². The number of amides is 2.